The van der Waals surface area contributed by atoms with E-state index in [2.05, 4.69) is 46.7 Å². The minimum absolute atomic E-state index is 0.356. The molecule has 0 bridgehead atoms. The van der Waals surface area contributed by atoms with Crippen LogP contribution in [-0.2, 0) is 0 Å². The van der Waals surface area contributed by atoms with Gasteiger partial charge in [0.15, 0.2) is 0 Å². The van der Waals surface area contributed by atoms with Crippen molar-refractivity contribution in [2.45, 2.75) is 58.9 Å². The van der Waals surface area contributed by atoms with Crippen LogP contribution >= 0.6 is 15.9 Å². The quantitative estimate of drug-likeness (QED) is 0.483. The molecule has 1 heterocycles. The number of nitrogens with zero attached hydrogens (tertiary/aromatic N) is 2. The van der Waals surface area contributed by atoms with Gasteiger partial charge in [0.1, 0.15) is 4.60 Å². The number of hydrogen-bond donors (Lipinski definition) is 0. The maximum Gasteiger partial charge on any atom is 0.313 e. The second kappa shape index (κ2) is 8.69. The molecule has 0 aromatic carbocycles. The van der Waals surface area contributed by atoms with E-state index in [1.165, 1.54) is 32.1 Å². The van der Waals surface area contributed by atoms with Gasteiger partial charge in [0.05, 0.1) is 12.4 Å². The molecule has 1 aromatic heterocycles. The monoisotopic (exact) mass is 342 g/mol. The zero-order valence-corrected chi connectivity index (χ0v) is 14.7. The summed E-state index contributed by atoms with van der Waals surface area (Å²) in [6.45, 7) is 6.89. The molecule has 0 spiro atoms. The smallest absolute Gasteiger partial charge is 0.313 e. The Morgan fingerprint density at radius 1 is 1.21 bits per heavy atom. The van der Waals surface area contributed by atoms with Crippen LogP contribution in [0.2, 0.25) is 6.04 Å². The van der Waals surface area contributed by atoms with Crippen molar-refractivity contribution < 1.29 is 4.43 Å². The summed E-state index contributed by atoms with van der Waals surface area (Å²) in [6.07, 6.45) is 9.92. The van der Waals surface area contributed by atoms with Crippen LogP contribution < -0.4 is 4.43 Å². The largest absolute Gasteiger partial charge is 0.527 e. The third kappa shape index (κ3) is 7.67. The Morgan fingerprint density at radius 3 is 2.63 bits per heavy atom. The van der Waals surface area contributed by atoms with Crippen molar-refractivity contribution in [3.05, 3.63) is 17.0 Å². The standard InChI is InChI=1S/C14H23BrN2OSi/c1-4-5-6-7-8-14(2,3)11-19-18-13-10-16-12(15)9-17-13/h9-10H,4-8,11H2,1-3H3. The Hall–Kier alpha value is -0.423. The zero-order chi connectivity index (χ0) is 14.1. The Kier molecular flexibility index (Phi) is 7.61. The van der Waals surface area contributed by atoms with Crippen molar-refractivity contribution in [3.8, 4) is 5.88 Å². The molecule has 0 amide bonds. The highest BCUT2D eigenvalue weighted by Gasteiger charge is 2.18. The van der Waals surface area contributed by atoms with E-state index in [1.807, 2.05) is 0 Å². The van der Waals surface area contributed by atoms with Crippen LogP contribution in [0.4, 0.5) is 0 Å². The number of aromatic nitrogens is 2. The fraction of sp³-hybridized carbons (Fsp3) is 0.714. The molecule has 19 heavy (non-hydrogen) atoms. The Bertz CT molecular complexity index is 357. The predicted molar refractivity (Wildman–Crippen MR) is 83.5 cm³/mol. The third-order valence-electron chi connectivity index (χ3n) is 3.03. The maximum atomic E-state index is 5.66. The first-order chi connectivity index (χ1) is 9.03. The van der Waals surface area contributed by atoms with E-state index in [1.54, 1.807) is 12.4 Å². The lowest BCUT2D eigenvalue weighted by Crippen LogP contribution is -2.17. The van der Waals surface area contributed by atoms with E-state index in [4.69, 9.17) is 4.43 Å². The van der Waals surface area contributed by atoms with Crippen LogP contribution in [0.15, 0.2) is 17.0 Å². The van der Waals surface area contributed by atoms with E-state index in [0.717, 1.165) is 10.6 Å². The molecular weight excluding hydrogens is 320 g/mol. The molecule has 3 nitrogen and oxygen atoms in total. The van der Waals surface area contributed by atoms with Gasteiger partial charge in [-0.1, -0.05) is 46.5 Å². The summed E-state index contributed by atoms with van der Waals surface area (Å²) in [5.74, 6) is 0.614. The molecule has 0 aliphatic carbocycles. The van der Waals surface area contributed by atoms with E-state index < -0.39 is 0 Å². The molecule has 1 rings (SSSR count). The first-order valence-electron chi connectivity index (χ1n) is 6.91. The second-order valence-corrected chi connectivity index (χ2v) is 7.23. The SMILES string of the molecule is CCCCCCC(C)(C)C[Si]Oc1cnc(Br)cn1. The van der Waals surface area contributed by atoms with Gasteiger partial charge in [0.25, 0.3) is 0 Å². The summed E-state index contributed by atoms with van der Waals surface area (Å²) in [5, 5.41) is 0. The summed E-state index contributed by atoms with van der Waals surface area (Å²) in [6, 6.07) is 1.08. The van der Waals surface area contributed by atoms with Crippen LogP contribution in [0.5, 0.6) is 5.88 Å². The number of hydrogen-bond acceptors (Lipinski definition) is 3. The van der Waals surface area contributed by atoms with Crippen molar-refractivity contribution in [2.24, 2.45) is 5.41 Å². The van der Waals surface area contributed by atoms with Crippen LogP contribution in [0.3, 0.4) is 0 Å². The highest BCUT2D eigenvalue weighted by atomic mass is 79.9. The molecule has 0 unspecified atom stereocenters. The zero-order valence-electron chi connectivity index (χ0n) is 12.1. The van der Waals surface area contributed by atoms with Crippen molar-refractivity contribution in [1.29, 1.82) is 0 Å². The van der Waals surface area contributed by atoms with Gasteiger partial charge >= 0.3 is 9.76 Å². The van der Waals surface area contributed by atoms with Gasteiger partial charge in [-0.25, -0.2) is 9.97 Å². The first-order valence-corrected chi connectivity index (χ1v) is 8.81. The highest BCUT2D eigenvalue weighted by Crippen LogP contribution is 2.28. The van der Waals surface area contributed by atoms with Crippen LogP contribution in [0.25, 0.3) is 0 Å². The average molecular weight is 343 g/mol. The third-order valence-corrected chi connectivity index (χ3v) is 4.90. The average Bonchev–Trinajstić information content (AvgIpc) is 2.37. The summed E-state index contributed by atoms with van der Waals surface area (Å²) in [4.78, 5) is 8.26. The number of halogens is 1. The number of rotatable bonds is 9. The molecule has 1 aromatic rings. The minimum Gasteiger partial charge on any atom is -0.527 e. The molecule has 0 fully saturated rings. The Morgan fingerprint density at radius 2 is 2.00 bits per heavy atom. The molecule has 0 N–H and O–H groups in total. The van der Waals surface area contributed by atoms with Gasteiger partial charge in [-0.2, -0.15) is 0 Å². The Labute approximate surface area is 127 Å². The normalized spacial score (nSPS) is 11.6. The van der Waals surface area contributed by atoms with Crippen molar-refractivity contribution >= 4 is 25.7 Å². The van der Waals surface area contributed by atoms with E-state index >= 15 is 0 Å². The van der Waals surface area contributed by atoms with Gasteiger partial charge in [-0.3, -0.25) is 0 Å². The van der Waals surface area contributed by atoms with Crippen LogP contribution in [0.1, 0.15) is 52.9 Å². The van der Waals surface area contributed by atoms with Gasteiger partial charge in [0.2, 0.25) is 5.88 Å². The Balaban J connectivity index is 2.21. The molecule has 0 aliphatic heterocycles. The van der Waals surface area contributed by atoms with Gasteiger partial charge in [0, 0.05) is 0 Å². The fourth-order valence-corrected chi connectivity index (χ4v) is 2.87. The number of unbranched alkanes of at least 4 members (excludes halogenated alkanes) is 3. The minimum atomic E-state index is 0.356. The fourth-order valence-electron chi connectivity index (χ4n) is 1.78. The lowest BCUT2D eigenvalue weighted by atomic mass is 9.89. The van der Waals surface area contributed by atoms with Crippen LogP contribution in [0, 0.1) is 5.41 Å². The van der Waals surface area contributed by atoms with E-state index in [-0.39, 0.29) is 0 Å². The highest BCUT2D eigenvalue weighted by molar-refractivity contribution is 9.10. The van der Waals surface area contributed by atoms with Crippen molar-refractivity contribution in [2.75, 3.05) is 0 Å². The molecule has 106 valence electrons. The van der Waals surface area contributed by atoms with Crippen molar-refractivity contribution in [1.82, 2.24) is 9.97 Å². The lowest BCUT2D eigenvalue weighted by molar-refractivity contribution is 0.347. The first kappa shape index (κ1) is 16.6. The molecule has 0 saturated carbocycles. The molecular formula is C14H23BrN2OSi. The molecule has 5 heteroatoms. The van der Waals surface area contributed by atoms with Crippen LogP contribution in [-0.4, -0.2) is 19.7 Å². The molecule has 2 radical (unpaired) electrons. The summed E-state index contributed by atoms with van der Waals surface area (Å²) in [7, 11) is 0.452. The van der Waals surface area contributed by atoms with Gasteiger partial charge in [-0.15, -0.1) is 0 Å². The van der Waals surface area contributed by atoms with E-state index in [9.17, 15) is 0 Å². The van der Waals surface area contributed by atoms with Gasteiger partial charge < -0.3 is 4.43 Å². The molecule has 0 saturated heterocycles. The molecule has 0 atom stereocenters. The summed E-state index contributed by atoms with van der Waals surface area (Å²) < 4.78 is 6.39. The van der Waals surface area contributed by atoms with Gasteiger partial charge in [-0.05, 0) is 33.8 Å². The predicted octanol–water partition coefficient (Wildman–Crippen LogP) is 4.65. The maximum absolute atomic E-state index is 5.66. The van der Waals surface area contributed by atoms with E-state index in [0.29, 0.717) is 21.1 Å². The summed E-state index contributed by atoms with van der Waals surface area (Å²) in [5.41, 5.74) is 0.356. The van der Waals surface area contributed by atoms with Crippen molar-refractivity contribution in [3.63, 3.8) is 0 Å². The summed E-state index contributed by atoms with van der Waals surface area (Å²) >= 11 is 3.26. The second-order valence-electron chi connectivity index (χ2n) is 5.58. The lowest BCUT2D eigenvalue weighted by Gasteiger charge is -2.23. The molecule has 0 aliphatic rings. The topological polar surface area (TPSA) is 35.0 Å².